The van der Waals surface area contributed by atoms with Crippen molar-refractivity contribution in [2.45, 2.75) is 12.5 Å². The molecule has 1 aromatic rings. The first-order valence-electron chi connectivity index (χ1n) is 4.38. The van der Waals surface area contributed by atoms with Crippen molar-refractivity contribution in [1.29, 1.82) is 0 Å². The number of nitrogens with two attached hydrogens (primary N) is 1. The fourth-order valence-corrected chi connectivity index (χ4v) is 2.62. The van der Waals surface area contributed by atoms with Crippen molar-refractivity contribution in [3.05, 3.63) is 11.2 Å². The lowest BCUT2D eigenvalue weighted by molar-refractivity contribution is 0.806. The molecular formula is C8H11ClN4S. The third kappa shape index (κ3) is 2.22. The van der Waals surface area contributed by atoms with Crippen LogP contribution in [0.15, 0.2) is 6.20 Å². The Balaban J connectivity index is 2.10. The molecule has 2 heterocycles. The zero-order valence-corrected chi connectivity index (χ0v) is 9.11. The molecule has 0 spiro atoms. The summed E-state index contributed by atoms with van der Waals surface area (Å²) in [5.41, 5.74) is 5.48. The van der Waals surface area contributed by atoms with Crippen molar-refractivity contribution >= 4 is 35.1 Å². The largest absolute Gasteiger partial charge is 0.368 e. The van der Waals surface area contributed by atoms with Crippen molar-refractivity contribution in [2.75, 3.05) is 22.6 Å². The van der Waals surface area contributed by atoms with Gasteiger partial charge in [0.05, 0.1) is 6.20 Å². The van der Waals surface area contributed by atoms with Gasteiger partial charge in [-0.15, -0.1) is 0 Å². The van der Waals surface area contributed by atoms with E-state index in [9.17, 15) is 0 Å². The first kappa shape index (κ1) is 9.86. The van der Waals surface area contributed by atoms with Crippen LogP contribution in [0.4, 0.5) is 11.8 Å². The number of thioether (sulfide) groups is 1. The topological polar surface area (TPSA) is 63.8 Å². The second kappa shape index (κ2) is 4.23. The van der Waals surface area contributed by atoms with Gasteiger partial charge >= 0.3 is 0 Å². The van der Waals surface area contributed by atoms with Crippen molar-refractivity contribution in [2.24, 2.45) is 0 Å². The van der Waals surface area contributed by atoms with Crippen LogP contribution in [0, 0.1) is 0 Å². The number of aromatic nitrogens is 2. The van der Waals surface area contributed by atoms with Gasteiger partial charge in [-0.2, -0.15) is 16.7 Å². The van der Waals surface area contributed by atoms with Gasteiger partial charge in [-0.3, -0.25) is 0 Å². The van der Waals surface area contributed by atoms with E-state index in [0.717, 1.165) is 12.2 Å². The summed E-state index contributed by atoms with van der Waals surface area (Å²) in [7, 11) is 0. The molecule has 0 bridgehead atoms. The Bertz CT molecular complexity index is 327. The standard InChI is InChI=1S/C8H11ClN4S/c9-6-3-11-8(10)13-7(6)12-5-1-2-14-4-5/h3,5H,1-2,4H2,(H3,10,11,12,13). The van der Waals surface area contributed by atoms with Crippen molar-refractivity contribution in [1.82, 2.24) is 9.97 Å². The molecule has 2 rings (SSSR count). The number of hydrogen-bond donors (Lipinski definition) is 2. The van der Waals surface area contributed by atoms with E-state index in [0.29, 0.717) is 16.9 Å². The minimum atomic E-state index is 0.252. The van der Waals surface area contributed by atoms with Crippen LogP contribution in [0.5, 0.6) is 0 Å². The van der Waals surface area contributed by atoms with Gasteiger partial charge in [-0.25, -0.2) is 4.98 Å². The van der Waals surface area contributed by atoms with Crippen LogP contribution in [0.2, 0.25) is 5.02 Å². The number of nitrogen functional groups attached to an aromatic ring is 1. The molecule has 3 N–H and O–H groups in total. The molecule has 0 amide bonds. The van der Waals surface area contributed by atoms with Crippen LogP contribution in [0.3, 0.4) is 0 Å². The predicted octanol–water partition coefficient (Wildman–Crippen LogP) is 1.63. The Morgan fingerprint density at radius 1 is 1.64 bits per heavy atom. The molecule has 14 heavy (non-hydrogen) atoms. The van der Waals surface area contributed by atoms with Gasteiger partial charge in [-0.1, -0.05) is 11.6 Å². The fourth-order valence-electron chi connectivity index (χ4n) is 1.32. The van der Waals surface area contributed by atoms with Gasteiger partial charge in [0.15, 0.2) is 5.82 Å². The van der Waals surface area contributed by atoms with E-state index in [1.165, 1.54) is 11.9 Å². The maximum absolute atomic E-state index is 5.92. The molecule has 1 aliphatic heterocycles. The average Bonchev–Trinajstić information content (AvgIpc) is 2.64. The van der Waals surface area contributed by atoms with Gasteiger partial charge in [-0.05, 0) is 12.2 Å². The van der Waals surface area contributed by atoms with Crippen LogP contribution < -0.4 is 11.1 Å². The normalized spacial score (nSPS) is 21.1. The van der Waals surface area contributed by atoms with Crippen LogP contribution >= 0.6 is 23.4 Å². The molecule has 0 saturated carbocycles. The van der Waals surface area contributed by atoms with E-state index in [-0.39, 0.29) is 5.95 Å². The Kier molecular flexibility index (Phi) is 2.98. The van der Waals surface area contributed by atoms with Crippen molar-refractivity contribution < 1.29 is 0 Å². The summed E-state index contributed by atoms with van der Waals surface area (Å²) in [5.74, 6) is 3.19. The summed E-state index contributed by atoms with van der Waals surface area (Å²) in [6.45, 7) is 0. The maximum Gasteiger partial charge on any atom is 0.222 e. The van der Waals surface area contributed by atoms with E-state index in [1.54, 1.807) is 0 Å². The van der Waals surface area contributed by atoms with Crippen LogP contribution in [-0.2, 0) is 0 Å². The first-order chi connectivity index (χ1) is 6.75. The van der Waals surface area contributed by atoms with Gasteiger partial charge < -0.3 is 11.1 Å². The number of nitrogens with zero attached hydrogens (tertiary/aromatic N) is 2. The molecule has 0 aliphatic carbocycles. The summed E-state index contributed by atoms with van der Waals surface area (Å²) in [6, 6.07) is 0.451. The van der Waals surface area contributed by atoms with E-state index >= 15 is 0 Å². The minimum Gasteiger partial charge on any atom is -0.368 e. The summed E-state index contributed by atoms with van der Waals surface area (Å²) in [4.78, 5) is 7.85. The third-order valence-corrected chi connectivity index (χ3v) is 3.47. The van der Waals surface area contributed by atoms with Gasteiger partial charge in [0.25, 0.3) is 0 Å². The van der Waals surface area contributed by atoms with E-state index in [4.69, 9.17) is 17.3 Å². The SMILES string of the molecule is Nc1ncc(Cl)c(NC2CCSC2)n1. The molecule has 0 aromatic carbocycles. The molecule has 1 unspecified atom stereocenters. The lowest BCUT2D eigenvalue weighted by Crippen LogP contribution is -2.19. The molecular weight excluding hydrogens is 220 g/mol. The van der Waals surface area contributed by atoms with Crippen molar-refractivity contribution in [3.63, 3.8) is 0 Å². The Labute approximate surface area is 91.6 Å². The van der Waals surface area contributed by atoms with E-state index in [1.807, 2.05) is 11.8 Å². The van der Waals surface area contributed by atoms with Crippen LogP contribution in [0.25, 0.3) is 0 Å². The van der Waals surface area contributed by atoms with Crippen LogP contribution in [0.1, 0.15) is 6.42 Å². The van der Waals surface area contributed by atoms with Gasteiger partial charge in [0.1, 0.15) is 5.02 Å². The number of nitrogens with one attached hydrogen (secondary N) is 1. The maximum atomic E-state index is 5.92. The summed E-state index contributed by atoms with van der Waals surface area (Å²) in [6.07, 6.45) is 2.67. The van der Waals surface area contributed by atoms with E-state index < -0.39 is 0 Å². The zero-order valence-electron chi connectivity index (χ0n) is 7.53. The molecule has 6 heteroatoms. The molecule has 1 fully saturated rings. The Morgan fingerprint density at radius 3 is 3.21 bits per heavy atom. The fraction of sp³-hybridized carbons (Fsp3) is 0.500. The number of halogens is 1. The molecule has 1 aliphatic rings. The summed E-state index contributed by atoms with van der Waals surface area (Å²) < 4.78 is 0. The molecule has 1 saturated heterocycles. The monoisotopic (exact) mass is 230 g/mol. The predicted molar refractivity (Wildman–Crippen MR) is 60.8 cm³/mol. The number of anilines is 2. The molecule has 76 valence electrons. The molecule has 0 radical (unpaired) electrons. The Morgan fingerprint density at radius 2 is 2.50 bits per heavy atom. The molecule has 1 atom stereocenters. The Hall–Kier alpha value is -0.680. The quantitative estimate of drug-likeness (QED) is 0.809. The zero-order chi connectivity index (χ0) is 9.97. The highest BCUT2D eigenvalue weighted by molar-refractivity contribution is 7.99. The summed E-state index contributed by atoms with van der Waals surface area (Å²) >= 11 is 7.86. The molecule has 4 nitrogen and oxygen atoms in total. The lowest BCUT2D eigenvalue weighted by atomic mass is 10.2. The second-order valence-corrected chi connectivity index (χ2v) is 4.69. The van der Waals surface area contributed by atoms with Crippen molar-refractivity contribution in [3.8, 4) is 0 Å². The first-order valence-corrected chi connectivity index (χ1v) is 5.91. The minimum absolute atomic E-state index is 0.252. The lowest BCUT2D eigenvalue weighted by Gasteiger charge is -2.12. The van der Waals surface area contributed by atoms with E-state index in [2.05, 4.69) is 15.3 Å². The smallest absolute Gasteiger partial charge is 0.222 e. The number of rotatable bonds is 2. The highest BCUT2D eigenvalue weighted by Crippen LogP contribution is 2.24. The third-order valence-electron chi connectivity index (χ3n) is 2.03. The van der Waals surface area contributed by atoms with Crippen LogP contribution in [-0.4, -0.2) is 27.5 Å². The van der Waals surface area contributed by atoms with Gasteiger partial charge in [0, 0.05) is 11.8 Å². The average molecular weight is 231 g/mol. The number of hydrogen-bond acceptors (Lipinski definition) is 5. The summed E-state index contributed by atoms with van der Waals surface area (Å²) in [5, 5.41) is 3.79. The highest BCUT2D eigenvalue weighted by atomic mass is 35.5. The van der Waals surface area contributed by atoms with Gasteiger partial charge in [0.2, 0.25) is 5.95 Å². The highest BCUT2D eigenvalue weighted by Gasteiger charge is 2.16. The molecule has 1 aromatic heterocycles. The second-order valence-electron chi connectivity index (χ2n) is 3.13.